The molecule has 0 fully saturated rings. The van der Waals surface area contributed by atoms with Crippen LogP contribution in [-0.4, -0.2) is 4.57 Å². The van der Waals surface area contributed by atoms with Crippen LogP contribution >= 0.6 is 0 Å². The van der Waals surface area contributed by atoms with Gasteiger partial charge in [0.2, 0.25) is 0 Å². The quantitative estimate of drug-likeness (QED) is 0.867. The third-order valence-electron chi connectivity index (χ3n) is 4.17. The van der Waals surface area contributed by atoms with Crippen LogP contribution in [0.3, 0.4) is 0 Å². The highest BCUT2D eigenvalue weighted by molar-refractivity contribution is 5.27. The largest absolute Gasteiger partial charge is 0.352 e. The third kappa shape index (κ3) is 3.31. The molecule has 2 aromatic rings. The van der Waals surface area contributed by atoms with Gasteiger partial charge in [-0.25, -0.2) is 0 Å². The van der Waals surface area contributed by atoms with Crippen molar-refractivity contribution in [3.05, 3.63) is 58.4 Å². The van der Waals surface area contributed by atoms with Gasteiger partial charge in [0.15, 0.2) is 0 Å². The van der Waals surface area contributed by atoms with Crippen LogP contribution in [0, 0.1) is 13.8 Å². The van der Waals surface area contributed by atoms with E-state index in [1.165, 1.54) is 28.1 Å². The van der Waals surface area contributed by atoms with Gasteiger partial charge in [0.1, 0.15) is 0 Å². The van der Waals surface area contributed by atoms with Gasteiger partial charge in [0.25, 0.3) is 0 Å². The first-order chi connectivity index (χ1) is 9.49. The van der Waals surface area contributed by atoms with Crippen molar-refractivity contribution in [1.82, 2.24) is 9.88 Å². The number of hydrogen-bond donors (Lipinski definition) is 1. The predicted molar refractivity (Wildman–Crippen MR) is 86.0 cm³/mol. The van der Waals surface area contributed by atoms with Crippen molar-refractivity contribution in [2.45, 2.75) is 46.7 Å². The van der Waals surface area contributed by atoms with E-state index in [9.17, 15) is 0 Å². The number of benzene rings is 1. The van der Waals surface area contributed by atoms with E-state index in [-0.39, 0.29) is 0 Å². The summed E-state index contributed by atoms with van der Waals surface area (Å²) in [6.07, 6.45) is 0. The molecule has 0 atom stereocenters. The Morgan fingerprint density at radius 2 is 1.70 bits per heavy atom. The average molecular weight is 270 g/mol. The molecule has 1 aromatic heterocycles. The third-order valence-corrected chi connectivity index (χ3v) is 4.17. The maximum absolute atomic E-state index is 3.53. The molecule has 20 heavy (non-hydrogen) atoms. The molecule has 1 heterocycles. The van der Waals surface area contributed by atoms with E-state index >= 15 is 0 Å². The van der Waals surface area contributed by atoms with Gasteiger partial charge in [-0.1, -0.05) is 38.1 Å². The molecule has 2 heteroatoms. The van der Waals surface area contributed by atoms with Gasteiger partial charge in [-0.15, -0.1) is 0 Å². The Bertz CT molecular complexity index is 562. The van der Waals surface area contributed by atoms with E-state index < -0.39 is 0 Å². The number of rotatable bonds is 5. The van der Waals surface area contributed by atoms with Gasteiger partial charge in [-0.2, -0.15) is 0 Å². The van der Waals surface area contributed by atoms with E-state index in [0.717, 1.165) is 13.1 Å². The lowest BCUT2D eigenvalue weighted by atomic mass is 10.0. The summed E-state index contributed by atoms with van der Waals surface area (Å²) in [5.74, 6) is 0.604. The number of nitrogens with one attached hydrogen (secondary N) is 1. The van der Waals surface area contributed by atoms with Crippen molar-refractivity contribution in [2.24, 2.45) is 7.05 Å². The van der Waals surface area contributed by atoms with E-state index in [4.69, 9.17) is 0 Å². The first-order valence-corrected chi connectivity index (χ1v) is 7.40. The van der Waals surface area contributed by atoms with Crippen molar-refractivity contribution in [3.63, 3.8) is 0 Å². The maximum Gasteiger partial charge on any atom is 0.0226 e. The molecule has 2 rings (SSSR count). The normalized spacial score (nSPS) is 11.3. The fourth-order valence-electron chi connectivity index (χ4n) is 2.47. The van der Waals surface area contributed by atoms with Gasteiger partial charge in [-0.05, 0) is 42.5 Å². The second-order valence-electron chi connectivity index (χ2n) is 5.96. The Morgan fingerprint density at radius 1 is 1.05 bits per heavy atom. The molecule has 0 spiro atoms. The van der Waals surface area contributed by atoms with Gasteiger partial charge in [-0.3, -0.25) is 0 Å². The van der Waals surface area contributed by atoms with Crippen LogP contribution in [0.5, 0.6) is 0 Å². The fourth-order valence-corrected chi connectivity index (χ4v) is 2.47. The molecule has 0 unspecified atom stereocenters. The molecule has 1 N–H and O–H groups in total. The number of nitrogens with zero attached hydrogens (tertiary/aromatic N) is 1. The lowest BCUT2D eigenvalue weighted by Gasteiger charge is -2.08. The first kappa shape index (κ1) is 14.9. The molecule has 0 aliphatic heterocycles. The fraction of sp³-hybridized carbons (Fsp3) is 0.444. The predicted octanol–water partition coefficient (Wildman–Crippen LogP) is 4.06. The molecule has 0 bridgehead atoms. The van der Waals surface area contributed by atoms with Crippen molar-refractivity contribution in [1.29, 1.82) is 0 Å². The Morgan fingerprint density at radius 3 is 2.20 bits per heavy atom. The molecule has 2 nitrogen and oxygen atoms in total. The minimum absolute atomic E-state index is 0.604. The molecule has 0 saturated carbocycles. The first-order valence-electron chi connectivity index (χ1n) is 7.40. The molecule has 1 aromatic carbocycles. The van der Waals surface area contributed by atoms with Crippen LogP contribution in [0.4, 0.5) is 0 Å². The summed E-state index contributed by atoms with van der Waals surface area (Å²) < 4.78 is 2.24. The van der Waals surface area contributed by atoms with E-state index in [1.807, 2.05) is 0 Å². The highest BCUT2D eigenvalue weighted by Crippen LogP contribution is 2.15. The van der Waals surface area contributed by atoms with Crippen LogP contribution in [0.2, 0.25) is 0 Å². The molecule has 0 saturated heterocycles. The van der Waals surface area contributed by atoms with Crippen LogP contribution in [0.15, 0.2) is 30.3 Å². The summed E-state index contributed by atoms with van der Waals surface area (Å²) >= 11 is 0. The lowest BCUT2D eigenvalue weighted by Crippen LogP contribution is -2.13. The smallest absolute Gasteiger partial charge is 0.0226 e. The number of aromatic nitrogens is 1. The van der Waals surface area contributed by atoms with Crippen LogP contribution < -0.4 is 5.32 Å². The Labute approximate surface area is 122 Å². The molecular formula is C18H26N2. The lowest BCUT2D eigenvalue weighted by molar-refractivity contribution is 0.686. The second-order valence-corrected chi connectivity index (χ2v) is 5.96. The molecule has 0 aliphatic rings. The summed E-state index contributed by atoms with van der Waals surface area (Å²) in [4.78, 5) is 0. The van der Waals surface area contributed by atoms with E-state index in [1.54, 1.807) is 0 Å². The van der Waals surface area contributed by atoms with Gasteiger partial charge in [0.05, 0.1) is 0 Å². The number of aryl methyl sites for hydroxylation is 1. The zero-order chi connectivity index (χ0) is 14.7. The zero-order valence-electron chi connectivity index (χ0n) is 13.3. The summed E-state index contributed by atoms with van der Waals surface area (Å²) in [5, 5.41) is 3.53. The molecule has 108 valence electrons. The van der Waals surface area contributed by atoms with Crippen LogP contribution in [-0.2, 0) is 20.1 Å². The SMILES string of the molecule is Cc1cc(CNCc2ccc(C(C)C)cc2)c(C)n1C. The van der Waals surface area contributed by atoms with Gasteiger partial charge < -0.3 is 9.88 Å². The van der Waals surface area contributed by atoms with Crippen LogP contribution in [0.1, 0.15) is 47.8 Å². The summed E-state index contributed by atoms with van der Waals surface area (Å²) in [6, 6.07) is 11.2. The van der Waals surface area contributed by atoms with Crippen LogP contribution in [0.25, 0.3) is 0 Å². The standard InChI is InChI=1S/C18H26N2/c1-13(2)17-8-6-16(7-9-17)11-19-12-18-10-14(3)20(5)15(18)4/h6-10,13,19H,11-12H2,1-5H3. The van der Waals surface area contributed by atoms with E-state index in [0.29, 0.717) is 5.92 Å². The minimum atomic E-state index is 0.604. The topological polar surface area (TPSA) is 17.0 Å². The zero-order valence-corrected chi connectivity index (χ0v) is 13.3. The van der Waals surface area contributed by atoms with Gasteiger partial charge in [0, 0.05) is 31.5 Å². The Balaban J connectivity index is 1.91. The maximum atomic E-state index is 3.53. The monoisotopic (exact) mass is 270 g/mol. The highest BCUT2D eigenvalue weighted by Gasteiger charge is 2.05. The minimum Gasteiger partial charge on any atom is -0.352 e. The average Bonchev–Trinajstić information content (AvgIpc) is 2.67. The molecule has 0 radical (unpaired) electrons. The molecule has 0 amide bonds. The van der Waals surface area contributed by atoms with Crippen molar-refractivity contribution in [3.8, 4) is 0 Å². The van der Waals surface area contributed by atoms with Crippen molar-refractivity contribution in [2.75, 3.05) is 0 Å². The summed E-state index contributed by atoms with van der Waals surface area (Å²) in [7, 11) is 2.12. The Hall–Kier alpha value is -1.54. The van der Waals surface area contributed by atoms with E-state index in [2.05, 4.69) is 75.0 Å². The highest BCUT2D eigenvalue weighted by atomic mass is 15.0. The van der Waals surface area contributed by atoms with Crippen molar-refractivity contribution >= 4 is 0 Å². The second kappa shape index (κ2) is 6.27. The number of hydrogen-bond acceptors (Lipinski definition) is 1. The van der Waals surface area contributed by atoms with Gasteiger partial charge >= 0.3 is 0 Å². The Kier molecular flexibility index (Phi) is 4.66. The molecular weight excluding hydrogens is 244 g/mol. The summed E-state index contributed by atoms with van der Waals surface area (Å²) in [5.41, 5.74) is 6.82. The summed E-state index contributed by atoms with van der Waals surface area (Å²) in [6.45, 7) is 10.6. The van der Waals surface area contributed by atoms with Crippen molar-refractivity contribution < 1.29 is 0 Å². The molecule has 0 aliphatic carbocycles.